The van der Waals surface area contributed by atoms with E-state index >= 15 is 0 Å². The Morgan fingerprint density at radius 2 is 1.92 bits per heavy atom. The van der Waals surface area contributed by atoms with Crippen LogP contribution in [0, 0.1) is 12.8 Å². The summed E-state index contributed by atoms with van der Waals surface area (Å²) in [6.45, 7) is 4.98. The standard InChI is InChI=1S/C29H29NO6/c1-3-34-28(32)20-10-7-13-30(16-20)27(31)12-11-21-18(2)22-14-23-24(19-8-5-4-6-9-19)17-35-25(23)15-26(22)36-29(21)33/h4-6,8-9,14-15,17,20H,3,7,10-13,16H2,1-2H3/t20-/m0/s1. The maximum absolute atomic E-state index is 13.0. The van der Waals surface area contributed by atoms with Crippen LogP contribution in [0.2, 0.25) is 0 Å². The zero-order valence-electron chi connectivity index (χ0n) is 20.5. The normalized spacial score (nSPS) is 15.9. The molecule has 0 bridgehead atoms. The van der Waals surface area contributed by atoms with Gasteiger partial charge < -0.3 is 18.5 Å². The lowest BCUT2D eigenvalue weighted by molar-refractivity contribution is -0.151. The van der Waals surface area contributed by atoms with E-state index in [1.54, 1.807) is 24.2 Å². The van der Waals surface area contributed by atoms with Crippen molar-refractivity contribution in [2.75, 3.05) is 19.7 Å². The number of fused-ring (bicyclic) bond motifs is 2. The molecule has 0 saturated carbocycles. The maximum atomic E-state index is 13.0. The number of piperidine rings is 1. The van der Waals surface area contributed by atoms with Gasteiger partial charge in [0.1, 0.15) is 11.2 Å². The summed E-state index contributed by atoms with van der Waals surface area (Å²) in [7, 11) is 0. The van der Waals surface area contributed by atoms with Gasteiger partial charge in [-0.15, -0.1) is 0 Å². The number of aryl methyl sites for hydroxylation is 1. The van der Waals surface area contributed by atoms with Crippen molar-refractivity contribution in [3.05, 3.63) is 70.3 Å². The average Bonchev–Trinajstić information content (AvgIpc) is 3.31. The number of carbonyl (C=O) groups excluding carboxylic acids is 2. The largest absolute Gasteiger partial charge is 0.466 e. The van der Waals surface area contributed by atoms with Gasteiger partial charge in [0.25, 0.3) is 0 Å². The molecule has 186 valence electrons. The summed E-state index contributed by atoms with van der Waals surface area (Å²) in [6.07, 6.45) is 3.66. The van der Waals surface area contributed by atoms with Gasteiger partial charge in [-0.05, 0) is 50.3 Å². The molecule has 5 rings (SSSR count). The minimum absolute atomic E-state index is 0.0699. The fraction of sp³-hybridized carbons (Fsp3) is 0.345. The highest BCUT2D eigenvalue weighted by atomic mass is 16.5. The van der Waals surface area contributed by atoms with Crippen molar-refractivity contribution < 1.29 is 23.2 Å². The summed E-state index contributed by atoms with van der Waals surface area (Å²) in [5.41, 5.74) is 3.98. The van der Waals surface area contributed by atoms with Gasteiger partial charge in [-0.1, -0.05) is 30.3 Å². The van der Waals surface area contributed by atoms with Crippen LogP contribution < -0.4 is 5.63 Å². The van der Waals surface area contributed by atoms with Crippen molar-refractivity contribution in [3.63, 3.8) is 0 Å². The first-order valence-corrected chi connectivity index (χ1v) is 12.4. The van der Waals surface area contributed by atoms with E-state index in [0.717, 1.165) is 40.3 Å². The number of esters is 1. The quantitative estimate of drug-likeness (QED) is 0.273. The summed E-state index contributed by atoms with van der Waals surface area (Å²) >= 11 is 0. The molecule has 1 aliphatic heterocycles. The third-order valence-electron chi connectivity index (χ3n) is 7.05. The smallest absolute Gasteiger partial charge is 0.339 e. The highest BCUT2D eigenvalue weighted by Gasteiger charge is 2.29. The Kier molecular flexibility index (Phi) is 6.63. The van der Waals surface area contributed by atoms with Gasteiger partial charge in [0.2, 0.25) is 5.91 Å². The van der Waals surface area contributed by atoms with Crippen LogP contribution in [0.15, 0.2) is 62.4 Å². The molecule has 0 aliphatic carbocycles. The van der Waals surface area contributed by atoms with Gasteiger partial charge in [-0.2, -0.15) is 0 Å². The van der Waals surface area contributed by atoms with E-state index in [2.05, 4.69) is 0 Å². The number of amides is 1. The van der Waals surface area contributed by atoms with Gasteiger partial charge in [0, 0.05) is 47.5 Å². The monoisotopic (exact) mass is 487 g/mol. The molecule has 1 atom stereocenters. The molecule has 2 aromatic carbocycles. The van der Waals surface area contributed by atoms with Crippen molar-refractivity contribution in [3.8, 4) is 11.1 Å². The predicted molar refractivity (Wildman–Crippen MR) is 137 cm³/mol. The molecule has 2 aromatic heterocycles. The van der Waals surface area contributed by atoms with Crippen molar-refractivity contribution in [1.29, 1.82) is 0 Å². The summed E-state index contributed by atoms with van der Waals surface area (Å²) in [6, 6.07) is 13.7. The van der Waals surface area contributed by atoms with Crippen molar-refractivity contribution >= 4 is 33.8 Å². The van der Waals surface area contributed by atoms with Crippen LogP contribution in [0.1, 0.15) is 37.3 Å². The number of nitrogens with zero attached hydrogens (tertiary/aromatic N) is 1. The highest BCUT2D eigenvalue weighted by molar-refractivity contribution is 6.02. The third kappa shape index (κ3) is 4.53. The van der Waals surface area contributed by atoms with Crippen LogP contribution in [0.5, 0.6) is 0 Å². The summed E-state index contributed by atoms with van der Waals surface area (Å²) in [4.78, 5) is 39.6. The molecule has 0 spiro atoms. The Morgan fingerprint density at radius 3 is 2.69 bits per heavy atom. The Labute approximate surface area is 208 Å². The van der Waals surface area contributed by atoms with Crippen molar-refractivity contribution in [2.24, 2.45) is 5.92 Å². The summed E-state index contributed by atoms with van der Waals surface area (Å²) in [5, 5.41) is 1.76. The molecule has 3 heterocycles. The number of hydrogen-bond acceptors (Lipinski definition) is 6. The third-order valence-corrected chi connectivity index (χ3v) is 7.05. The molecule has 7 heteroatoms. The molecular formula is C29H29NO6. The van der Waals surface area contributed by atoms with Crippen LogP contribution >= 0.6 is 0 Å². The molecule has 0 radical (unpaired) electrons. The van der Waals surface area contributed by atoms with Crippen LogP contribution in [-0.4, -0.2) is 36.5 Å². The fourth-order valence-corrected chi connectivity index (χ4v) is 5.09. The molecule has 4 aromatic rings. The van der Waals surface area contributed by atoms with Gasteiger partial charge in [-0.25, -0.2) is 4.79 Å². The predicted octanol–water partition coefficient (Wildman–Crippen LogP) is 5.25. The van der Waals surface area contributed by atoms with Gasteiger partial charge in [0.05, 0.1) is 18.8 Å². The van der Waals surface area contributed by atoms with E-state index < -0.39 is 5.63 Å². The summed E-state index contributed by atoms with van der Waals surface area (Å²) in [5.74, 6) is -0.604. The molecule has 7 nitrogen and oxygen atoms in total. The highest BCUT2D eigenvalue weighted by Crippen LogP contribution is 2.34. The Morgan fingerprint density at radius 1 is 1.11 bits per heavy atom. The second-order valence-electron chi connectivity index (χ2n) is 9.28. The second-order valence-corrected chi connectivity index (χ2v) is 9.28. The topological polar surface area (TPSA) is 90.0 Å². The average molecular weight is 488 g/mol. The van der Waals surface area contributed by atoms with E-state index in [4.69, 9.17) is 13.6 Å². The van der Waals surface area contributed by atoms with E-state index in [-0.39, 0.29) is 30.6 Å². The molecular weight excluding hydrogens is 458 g/mol. The number of rotatable bonds is 6. The van der Waals surface area contributed by atoms with E-state index in [1.165, 1.54) is 0 Å². The van der Waals surface area contributed by atoms with Crippen LogP contribution in [0.25, 0.3) is 33.1 Å². The number of carbonyl (C=O) groups is 2. The van der Waals surface area contributed by atoms with Gasteiger partial charge >= 0.3 is 11.6 Å². The van der Waals surface area contributed by atoms with Crippen molar-refractivity contribution in [1.82, 2.24) is 4.90 Å². The van der Waals surface area contributed by atoms with E-state index in [9.17, 15) is 14.4 Å². The fourth-order valence-electron chi connectivity index (χ4n) is 5.09. The molecule has 1 amide bonds. The lowest BCUT2D eigenvalue weighted by atomic mass is 9.96. The first-order valence-electron chi connectivity index (χ1n) is 12.4. The first-order chi connectivity index (χ1) is 17.5. The van der Waals surface area contributed by atoms with Gasteiger partial charge in [-0.3, -0.25) is 9.59 Å². The van der Waals surface area contributed by atoms with Crippen LogP contribution in [-0.2, 0) is 20.7 Å². The van der Waals surface area contributed by atoms with E-state index in [0.29, 0.717) is 36.4 Å². The minimum atomic E-state index is -0.440. The zero-order chi connectivity index (χ0) is 25.2. The number of ether oxygens (including phenoxy) is 1. The van der Waals surface area contributed by atoms with E-state index in [1.807, 2.05) is 43.3 Å². The van der Waals surface area contributed by atoms with Gasteiger partial charge in [0.15, 0.2) is 0 Å². The zero-order valence-corrected chi connectivity index (χ0v) is 20.5. The molecule has 0 N–H and O–H groups in total. The number of furan rings is 1. The molecule has 1 fully saturated rings. The first kappa shape index (κ1) is 23.9. The number of likely N-dealkylation sites (tertiary alicyclic amines) is 1. The van der Waals surface area contributed by atoms with Crippen LogP contribution in [0.4, 0.5) is 0 Å². The summed E-state index contributed by atoms with van der Waals surface area (Å²) < 4.78 is 16.5. The second kappa shape index (κ2) is 10.0. The molecule has 1 aliphatic rings. The number of hydrogen-bond donors (Lipinski definition) is 0. The molecule has 0 unspecified atom stereocenters. The lowest BCUT2D eigenvalue weighted by Gasteiger charge is -2.31. The Hall–Kier alpha value is -3.87. The number of benzene rings is 2. The lowest BCUT2D eigenvalue weighted by Crippen LogP contribution is -2.43. The Balaban J connectivity index is 1.39. The Bertz CT molecular complexity index is 1480. The molecule has 36 heavy (non-hydrogen) atoms. The maximum Gasteiger partial charge on any atom is 0.339 e. The SMILES string of the molecule is CCOC(=O)[C@H]1CCCN(C(=O)CCc2c(C)c3cc4c(-c5ccccc5)coc4cc3oc2=O)C1. The van der Waals surface area contributed by atoms with Crippen LogP contribution in [0.3, 0.4) is 0 Å². The van der Waals surface area contributed by atoms with Crippen molar-refractivity contribution in [2.45, 2.75) is 39.5 Å². The minimum Gasteiger partial charge on any atom is -0.466 e. The molecule has 1 saturated heterocycles.